The fraction of sp³-hybridized carbons (Fsp3) is 0.933. The van der Waals surface area contributed by atoms with Crippen LogP contribution in [0.15, 0.2) is 0 Å². The number of hydrogen-bond donors (Lipinski definition) is 1. The third-order valence-electron chi connectivity index (χ3n) is 3.67. The number of ether oxygens (including phenoxy) is 2. The van der Waals surface area contributed by atoms with Gasteiger partial charge in [-0.25, -0.2) is 0 Å². The Balaban J connectivity index is 2.29. The Bertz CT molecular complexity index is 287. The Morgan fingerprint density at radius 3 is 2.45 bits per heavy atom. The second-order valence-corrected chi connectivity index (χ2v) is 5.71. The first-order valence-electron chi connectivity index (χ1n) is 7.75. The lowest BCUT2D eigenvalue weighted by atomic mass is 10.00. The second kappa shape index (κ2) is 8.60. The largest absolute Gasteiger partial charge is 0.379 e. The SMILES string of the molecule is CCNC(C)(C)C(=O)N1CCC(OCCOCC)CC1. The lowest BCUT2D eigenvalue weighted by Gasteiger charge is -2.37. The van der Waals surface area contributed by atoms with Crippen molar-refractivity contribution in [3.63, 3.8) is 0 Å². The van der Waals surface area contributed by atoms with Gasteiger partial charge in [0.05, 0.1) is 24.9 Å². The number of rotatable bonds is 8. The number of carbonyl (C=O) groups is 1. The summed E-state index contributed by atoms with van der Waals surface area (Å²) in [6.07, 6.45) is 2.10. The zero-order chi connectivity index (χ0) is 15.0. The van der Waals surface area contributed by atoms with Gasteiger partial charge in [-0.2, -0.15) is 0 Å². The predicted molar refractivity (Wildman–Crippen MR) is 79.8 cm³/mol. The van der Waals surface area contributed by atoms with E-state index in [-0.39, 0.29) is 12.0 Å². The van der Waals surface area contributed by atoms with Crippen LogP contribution < -0.4 is 5.32 Å². The molecule has 1 fully saturated rings. The van der Waals surface area contributed by atoms with Crippen LogP contribution >= 0.6 is 0 Å². The predicted octanol–water partition coefficient (Wildman–Crippen LogP) is 1.42. The lowest BCUT2D eigenvalue weighted by Crippen LogP contribution is -2.56. The number of likely N-dealkylation sites (tertiary alicyclic amines) is 1. The highest BCUT2D eigenvalue weighted by atomic mass is 16.5. The number of likely N-dealkylation sites (N-methyl/N-ethyl adjacent to an activating group) is 1. The fourth-order valence-electron chi connectivity index (χ4n) is 2.56. The summed E-state index contributed by atoms with van der Waals surface area (Å²) < 4.78 is 11.0. The van der Waals surface area contributed by atoms with Gasteiger partial charge < -0.3 is 19.7 Å². The summed E-state index contributed by atoms with van der Waals surface area (Å²) in [5, 5.41) is 3.24. The molecule has 20 heavy (non-hydrogen) atoms. The molecule has 1 aliphatic rings. The molecule has 0 unspecified atom stereocenters. The van der Waals surface area contributed by atoms with Crippen molar-refractivity contribution in [2.75, 3.05) is 39.5 Å². The minimum Gasteiger partial charge on any atom is -0.379 e. The number of carbonyl (C=O) groups excluding carboxylic acids is 1. The van der Waals surface area contributed by atoms with E-state index in [1.807, 2.05) is 32.6 Å². The molecule has 0 radical (unpaired) electrons. The van der Waals surface area contributed by atoms with Crippen LogP contribution in [0.2, 0.25) is 0 Å². The Morgan fingerprint density at radius 1 is 1.25 bits per heavy atom. The van der Waals surface area contributed by atoms with Crippen LogP contribution in [-0.4, -0.2) is 61.9 Å². The molecule has 0 spiro atoms. The summed E-state index contributed by atoms with van der Waals surface area (Å²) in [7, 11) is 0. The molecule has 0 aromatic heterocycles. The van der Waals surface area contributed by atoms with Crippen molar-refractivity contribution in [1.82, 2.24) is 10.2 Å². The van der Waals surface area contributed by atoms with Crippen LogP contribution in [0.25, 0.3) is 0 Å². The van der Waals surface area contributed by atoms with E-state index in [1.165, 1.54) is 0 Å². The number of nitrogens with one attached hydrogen (secondary N) is 1. The molecule has 1 amide bonds. The standard InChI is InChI=1S/C15H30N2O3/c1-5-16-15(3,4)14(18)17-9-7-13(8-10-17)20-12-11-19-6-2/h13,16H,5-12H2,1-4H3. The van der Waals surface area contributed by atoms with Gasteiger partial charge in [-0.1, -0.05) is 6.92 Å². The average Bonchev–Trinajstić information content (AvgIpc) is 2.43. The summed E-state index contributed by atoms with van der Waals surface area (Å²) in [5.74, 6) is 0.187. The van der Waals surface area contributed by atoms with Crippen LogP contribution in [0.3, 0.4) is 0 Å². The Hall–Kier alpha value is -0.650. The number of nitrogens with zero attached hydrogens (tertiary/aromatic N) is 1. The number of piperidine rings is 1. The van der Waals surface area contributed by atoms with Crippen LogP contribution in [-0.2, 0) is 14.3 Å². The van der Waals surface area contributed by atoms with E-state index in [0.29, 0.717) is 13.2 Å². The third-order valence-corrected chi connectivity index (χ3v) is 3.67. The highest BCUT2D eigenvalue weighted by molar-refractivity contribution is 5.85. The summed E-state index contributed by atoms with van der Waals surface area (Å²) in [4.78, 5) is 14.4. The van der Waals surface area contributed by atoms with Crippen molar-refractivity contribution in [3.05, 3.63) is 0 Å². The molecule has 0 saturated carbocycles. The molecular weight excluding hydrogens is 256 g/mol. The van der Waals surface area contributed by atoms with Gasteiger partial charge in [0, 0.05) is 19.7 Å². The summed E-state index contributed by atoms with van der Waals surface area (Å²) >= 11 is 0. The minimum absolute atomic E-state index is 0.187. The molecule has 1 heterocycles. The molecule has 1 N–H and O–H groups in total. The van der Waals surface area contributed by atoms with Crippen molar-refractivity contribution in [2.45, 2.75) is 52.2 Å². The van der Waals surface area contributed by atoms with Crippen molar-refractivity contribution in [2.24, 2.45) is 0 Å². The van der Waals surface area contributed by atoms with E-state index in [1.54, 1.807) is 0 Å². The van der Waals surface area contributed by atoms with Crippen molar-refractivity contribution in [3.8, 4) is 0 Å². The summed E-state index contributed by atoms with van der Waals surface area (Å²) in [5.41, 5.74) is -0.475. The van der Waals surface area contributed by atoms with Crippen LogP contribution in [0, 0.1) is 0 Å². The molecule has 0 aromatic rings. The van der Waals surface area contributed by atoms with Crippen molar-refractivity contribution in [1.29, 1.82) is 0 Å². The lowest BCUT2D eigenvalue weighted by molar-refractivity contribution is -0.140. The Labute approximate surface area is 123 Å². The van der Waals surface area contributed by atoms with E-state index in [4.69, 9.17) is 9.47 Å². The second-order valence-electron chi connectivity index (χ2n) is 5.71. The smallest absolute Gasteiger partial charge is 0.242 e. The molecule has 0 aliphatic carbocycles. The van der Waals surface area contributed by atoms with E-state index in [0.717, 1.165) is 39.1 Å². The van der Waals surface area contributed by atoms with Gasteiger partial charge in [-0.05, 0) is 40.2 Å². The highest BCUT2D eigenvalue weighted by Gasteiger charge is 2.33. The molecular formula is C15H30N2O3. The quantitative estimate of drug-likeness (QED) is 0.686. The van der Waals surface area contributed by atoms with Crippen molar-refractivity contribution < 1.29 is 14.3 Å². The normalized spacial score (nSPS) is 17.5. The molecule has 0 bridgehead atoms. The average molecular weight is 286 g/mol. The molecule has 1 rings (SSSR count). The summed E-state index contributed by atoms with van der Waals surface area (Å²) in [6, 6.07) is 0. The number of hydrogen-bond acceptors (Lipinski definition) is 4. The topological polar surface area (TPSA) is 50.8 Å². The zero-order valence-corrected chi connectivity index (χ0v) is 13.4. The molecule has 0 atom stereocenters. The molecule has 118 valence electrons. The molecule has 5 nitrogen and oxygen atoms in total. The Kier molecular flexibility index (Phi) is 7.48. The summed E-state index contributed by atoms with van der Waals surface area (Å²) in [6.45, 7) is 12.3. The number of amides is 1. The van der Waals surface area contributed by atoms with E-state index in [9.17, 15) is 4.79 Å². The van der Waals surface area contributed by atoms with Crippen molar-refractivity contribution >= 4 is 5.91 Å². The first-order valence-corrected chi connectivity index (χ1v) is 7.75. The molecule has 5 heteroatoms. The third kappa shape index (κ3) is 5.38. The van der Waals surface area contributed by atoms with Gasteiger partial charge in [0.25, 0.3) is 0 Å². The van der Waals surface area contributed by atoms with Crippen LogP contribution in [0.4, 0.5) is 0 Å². The highest BCUT2D eigenvalue weighted by Crippen LogP contribution is 2.17. The van der Waals surface area contributed by atoms with Gasteiger partial charge in [-0.15, -0.1) is 0 Å². The van der Waals surface area contributed by atoms with Crippen LogP contribution in [0.5, 0.6) is 0 Å². The first-order chi connectivity index (χ1) is 9.51. The van der Waals surface area contributed by atoms with E-state index in [2.05, 4.69) is 5.32 Å². The van der Waals surface area contributed by atoms with Gasteiger partial charge in [0.15, 0.2) is 0 Å². The maximum Gasteiger partial charge on any atom is 0.242 e. The Morgan fingerprint density at radius 2 is 1.90 bits per heavy atom. The minimum atomic E-state index is -0.475. The fourth-order valence-corrected chi connectivity index (χ4v) is 2.56. The van der Waals surface area contributed by atoms with Crippen LogP contribution in [0.1, 0.15) is 40.5 Å². The van der Waals surface area contributed by atoms with E-state index >= 15 is 0 Å². The molecule has 1 saturated heterocycles. The molecule has 1 aliphatic heterocycles. The zero-order valence-electron chi connectivity index (χ0n) is 13.4. The van der Waals surface area contributed by atoms with Gasteiger partial charge in [0.1, 0.15) is 0 Å². The molecule has 0 aromatic carbocycles. The first kappa shape index (κ1) is 17.4. The maximum absolute atomic E-state index is 12.4. The van der Waals surface area contributed by atoms with Gasteiger partial charge in [0.2, 0.25) is 5.91 Å². The van der Waals surface area contributed by atoms with Gasteiger partial charge in [-0.3, -0.25) is 4.79 Å². The van der Waals surface area contributed by atoms with E-state index < -0.39 is 5.54 Å². The van der Waals surface area contributed by atoms with Gasteiger partial charge >= 0.3 is 0 Å². The maximum atomic E-state index is 12.4. The monoisotopic (exact) mass is 286 g/mol.